The number of morpholine rings is 1. The molecule has 2 heterocycles. The maximum absolute atomic E-state index is 5.30. The number of hydrogen-bond donors (Lipinski definition) is 0. The Balaban J connectivity index is 2.03. The van der Waals surface area contributed by atoms with Gasteiger partial charge in [-0.1, -0.05) is 6.08 Å². The quantitative estimate of drug-likeness (QED) is 0.470. The van der Waals surface area contributed by atoms with Crippen LogP contribution in [0.25, 0.3) is 0 Å². The predicted octanol–water partition coefficient (Wildman–Crippen LogP) is 0.605. The molecule has 2 aliphatic rings. The molecule has 0 aromatic carbocycles. The van der Waals surface area contributed by atoms with Crippen molar-refractivity contribution in [2.75, 3.05) is 19.8 Å². The first-order valence-electron chi connectivity index (χ1n) is 3.47. The van der Waals surface area contributed by atoms with Gasteiger partial charge in [-0.05, 0) is 12.6 Å². The monoisotopic (exact) mass is 125 g/mol. The summed E-state index contributed by atoms with van der Waals surface area (Å²) in [6.07, 6.45) is 5.59. The van der Waals surface area contributed by atoms with E-state index in [0.717, 1.165) is 19.8 Å². The first kappa shape index (κ1) is 5.30. The molecule has 1 atom stereocenters. The highest BCUT2D eigenvalue weighted by molar-refractivity contribution is 4.98. The summed E-state index contributed by atoms with van der Waals surface area (Å²) in [5.74, 6) is 0. The van der Waals surface area contributed by atoms with Crippen LogP contribution in [0.3, 0.4) is 0 Å². The summed E-state index contributed by atoms with van der Waals surface area (Å²) in [5, 5.41) is 0. The Kier molecular flexibility index (Phi) is 1.19. The number of ether oxygens (including phenoxy) is 1. The third-order valence-corrected chi connectivity index (χ3v) is 1.98. The molecule has 0 aromatic rings. The van der Waals surface area contributed by atoms with E-state index < -0.39 is 0 Å². The van der Waals surface area contributed by atoms with E-state index in [1.54, 1.807) is 0 Å². The third-order valence-electron chi connectivity index (χ3n) is 1.98. The van der Waals surface area contributed by atoms with Gasteiger partial charge in [0.25, 0.3) is 0 Å². The van der Waals surface area contributed by atoms with E-state index in [0.29, 0.717) is 6.04 Å². The SMILES string of the molecule is C1=CN2CCOCC2C1. The first-order chi connectivity index (χ1) is 4.47. The van der Waals surface area contributed by atoms with Crippen LogP contribution in [0.1, 0.15) is 6.42 Å². The van der Waals surface area contributed by atoms with Crippen LogP contribution in [-0.4, -0.2) is 30.7 Å². The van der Waals surface area contributed by atoms with Crippen LogP contribution in [0, 0.1) is 0 Å². The highest BCUT2D eigenvalue weighted by Crippen LogP contribution is 2.16. The third kappa shape index (κ3) is 0.833. The molecule has 0 bridgehead atoms. The Morgan fingerprint density at radius 2 is 2.56 bits per heavy atom. The molecule has 0 saturated carbocycles. The minimum Gasteiger partial charge on any atom is -0.377 e. The minimum absolute atomic E-state index is 0.666. The van der Waals surface area contributed by atoms with Gasteiger partial charge in [0.1, 0.15) is 0 Å². The van der Waals surface area contributed by atoms with Crippen molar-refractivity contribution in [1.29, 1.82) is 0 Å². The summed E-state index contributed by atoms with van der Waals surface area (Å²) in [4.78, 5) is 2.36. The lowest BCUT2D eigenvalue weighted by Gasteiger charge is -2.30. The topological polar surface area (TPSA) is 12.5 Å². The molecule has 2 rings (SSSR count). The van der Waals surface area contributed by atoms with E-state index in [1.165, 1.54) is 6.42 Å². The van der Waals surface area contributed by atoms with Crippen LogP contribution in [0.5, 0.6) is 0 Å². The number of fused-ring (bicyclic) bond motifs is 1. The highest BCUT2D eigenvalue weighted by Gasteiger charge is 2.21. The van der Waals surface area contributed by atoms with Gasteiger partial charge in [0.2, 0.25) is 0 Å². The van der Waals surface area contributed by atoms with Crippen LogP contribution >= 0.6 is 0 Å². The molecule has 0 radical (unpaired) electrons. The first-order valence-corrected chi connectivity index (χ1v) is 3.47. The molecule has 0 aliphatic carbocycles. The van der Waals surface area contributed by atoms with E-state index in [9.17, 15) is 0 Å². The fourth-order valence-electron chi connectivity index (χ4n) is 1.42. The maximum atomic E-state index is 5.30. The molecule has 1 saturated heterocycles. The summed E-state index contributed by atoms with van der Waals surface area (Å²) in [5.41, 5.74) is 0. The molecule has 2 heteroatoms. The lowest BCUT2D eigenvalue weighted by molar-refractivity contribution is 0.0243. The molecule has 2 aliphatic heterocycles. The normalized spacial score (nSPS) is 32.9. The summed E-state index contributed by atoms with van der Waals surface area (Å²) in [6.45, 7) is 2.91. The number of nitrogens with zero attached hydrogens (tertiary/aromatic N) is 1. The molecule has 1 fully saturated rings. The molecule has 0 aromatic heterocycles. The highest BCUT2D eigenvalue weighted by atomic mass is 16.5. The molecule has 2 nitrogen and oxygen atoms in total. The molecule has 50 valence electrons. The van der Waals surface area contributed by atoms with Gasteiger partial charge in [-0.2, -0.15) is 0 Å². The van der Waals surface area contributed by atoms with E-state index >= 15 is 0 Å². The minimum atomic E-state index is 0.666. The van der Waals surface area contributed by atoms with Crippen molar-refractivity contribution in [1.82, 2.24) is 4.90 Å². The second kappa shape index (κ2) is 2.03. The van der Waals surface area contributed by atoms with Gasteiger partial charge in [-0.15, -0.1) is 0 Å². The van der Waals surface area contributed by atoms with Gasteiger partial charge >= 0.3 is 0 Å². The van der Waals surface area contributed by atoms with E-state index in [1.807, 2.05) is 0 Å². The lowest BCUT2D eigenvalue weighted by atomic mass is 10.2. The van der Waals surface area contributed by atoms with Gasteiger partial charge < -0.3 is 9.64 Å². The average molecular weight is 125 g/mol. The van der Waals surface area contributed by atoms with Gasteiger partial charge in [-0.3, -0.25) is 0 Å². The molecule has 1 unspecified atom stereocenters. The summed E-state index contributed by atoms with van der Waals surface area (Å²) < 4.78 is 5.30. The van der Waals surface area contributed by atoms with Gasteiger partial charge in [0.15, 0.2) is 0 Å². The van der Waals surface area contributed by atoms with Crippen LogP contribution in [0.4, 0.5) is 0 Å². The Morgan fingerprint density at radius 3 is 3.44 bits per heavy atom. The van der Waals surface area contributed by atoms with Crippen molar-refractivity contribution in [3.05, 3.63) is 12.3 Å². The maximum Gasteiger partial charge on any atom is 0.0673 e. The second-order valence-corrected chi connectivity index (χ2v) is 2.59. The molecular formula is C7H11NO. The largest absolute Gasteiger partial charge is 0.377 e. The van der Waals surface area contributed by atoms with Crippen LogP contribution in [-0.2, 0) is 4.74 Å². The number of rotatable bonds is 0. The molecule has 0 spiro atoms. The van der Waals surface area contributed by atoms with Crippen molar-refractivity contribution in [3.63, 3.8) is 0 Å². The zero-order valence-corrected chi connectivity index (χ0v) is 5.42. The van der Waals surface area contributed by atoms with Crippen molar-refractivity contribution in [2.24, 2.45) is 0 Å². The van der Waals surface area contributed by atoms with Crippen molar-refractivity contribution < 1.29 is 4.74 Å². The Hall–Kier alpha value is -0.500. The van der Waals surface area contributed by atoms with Gasteiger partial charge in [0.05, 0.1) is 19.3 Å². The van der Waals surface area contributed by atoms with Crippen LogP contribution in [0.15, 0.2) is 12.3 Å². The molecule has 0 amide bonds. The summed E-state index contributed by atoms with van der Waals surface area (Å²) in [6, 6.07) is 0.666. The van der Waals surface area contributed by atoms with Gasteiger partial charge in [0, 0.05) is 6.54 Å². The molecular weight excluding hydrogens is 114 g/mol. The molecule has 9 heavy (non-hydrogen) atoms. The Labute approximate surface area is 55.1 Å². The standard InChI is InChI=1S/C7H11NO/c1-2-7-6-9-5-4-8(7)3-1/h1,3,7H,2,4-6H2. The zero-order chi connectivity index (χ0) is 6.10. The summed E-state index contributed by atoms with van der Waals surface area (Å²) >= 11 is 0. The zero-order valence-electron chi connectivity index (χ0n) is 5.42. The van der Waals surface area contributed by atoms with Crippen molar-refractivity contribution in [2.45, 2.75) is 12.5 Å². The lowest BCUT2D eigenvalue weighted by Crippen LogP contribution is -2.38. The average Bonchev–Trinajstić information content (AvgIpc) is 2.33. The van der Waals surface area contributed by atoms with Crippen LogP contribution < -0.4 is 0 Å². The second-order valence-electron chi connectivity index (χ2n) is 2.59. The fourth-order valence-corrected chi connectivity index (χ4v) is 1.42. The number of hydrogen-bond acceptors (Lipinski definition) is 2. The Morgan fingerprint density at radius 1 is 1.56 bits per heavy atom. The van der Waals surface area contributed by atoms with Crippen molar-refractivity contribution >= 4 is 0 Å². The van der Waals surface area contributed by atoms with E-state index in [2.05, 4.69) is 17.2 Å². The van der Waals surface area contributed by atoms with Crippen LogP contribution in [0.2, 0.25) is 0 Å². The van der Waals surface area contributed by atoms with Gasteiger partial charge in [-0.25, -0.2) is 0 Å². The predicted molar refractivity (Wildman–Crippen MR) is 35.1 cm³/mol. The Bertz CT molecular complexity index is 133. The van der Waals surface area contributed by atoms with E-state index in [4.69, 9.17) is 4.74 Å². The summed E-state index contributed by atoms with van der Waals surface area (Å²) in [7, 11) is 0. The molecule has 0 N–H and O–H groups in total. The van der Waals surface area contributed by atoms with Crippen molar-refractivity contribution in [3.8, 4) is 0 Å². The smallest absolute Gasteiger partial charge is 0.0673 e. The van der Waals surface area contributed by atoms with E-state index in [-0.39, 0.29) is 0 Å². The fraction of sp³-hybridized carbons (Fsp3) is 0.714.